The van der Waals surface area contributed by atoms with E-state index in [4.69, 9.17) is 17.3 Å². The number of aromatic nitrogens is 1. The van der Waals surface area contributed by atoms with Crippen molar-refractivity contribution in [1.82, 2.24) is 4.98 Å². The van der Waals surface area contributed by atoms with Crippen molar-refractivity contribution in [2.75, 3.05) is 5.32 Å². The molecular weight excluding hydrogens is 304 g/mol. The number of hydrogen-bond acceptors (Lipinski definition) is 5. The van der Waals surface area contributed by atoms with E-state index in [1.165, 1.54) is 6.08 Å². The lowest BCUT2D eigenvalue weighted by Gasteiger charge is -2.18. The number of nitrogens with two attached hydrogens (primary N) is 1. The molecule has 1 aromatic rings. The monoisotopic (exact) mass is 322 g/mol. The Morgan fingerprint density at radius 1 is 1.55 bits per heavy atom. The largest absolute Gasteiger partial charge is 0.384 e. The number of anilines is 1. The van der Waals surface area contributed by atoms with Crippen LogP contribution in [0.4, 0.5) is 5.82 Å². The van der Waals surface area contributed by atoms with Crippen LogP contribution in [0.25, 0.3) is 0 Å². The van der Waals surface area contributed by atoms with Crippen LogP contribution in [0.3, 0.4) is 0 Å². The molecule has 0 spiro atoms. The molecule has 0 aliphatic heterocycles. The molecule has 0 atom stereocenters. The third-order valence-electron chi connectivity index (χ3n) is 2.83. The van der Waals surface area contributed by atoms with Crippen LogP contribution in [0.15, 0.2) is 45.7 Å². The number of nitrogens with zero attached hydrogens (tertiary/aromatic N) is 2. The van der Waals surface area contributed by atoms with Crippen molar-refractivity contribution >= 4 is 30.0 Å². The summed E-state index contributed by atoms with van der Waals surface area (Å²) in [5, 5.41) is 13.0. The Hall–Kier alpha value is -2.18. The van der Waals surface area contributed by atoms with E-state index in [0.717, 1.165) is 0 Å². The van der Waals surface area contributed by atoms with Crippen molar-refractivity contribution in [2.24, 2.45) is 10.7 Å². The maximum Gasteiger partial charge on any atom is 0.246 e. The van der Waals surface area contributed by atoms with Gasteiger partial charge in [-0.3, -0.25) is 9.79 Å². The molecule has 0 saturated heterocycles. The Bertz CT molecular complexity index is 645. The maximum atomic E-state index is 11.4. The smallest absolute Gasteiger partial charge is 0.246 e. The minimum Gasteiger partial charge on any atom is -0.384 e. The first kappa shape index (κ1) is 17.9. The summed E-state index contributed by atoms with van der Waals surface area (Å²) in [7, 11) is 0. The summed E-state index contributed by atoms with van der Waals surface area (Å²) in [6.07, 6.45) is 1.42. The van der Waals surface area contributed by atoms with Crippen LogP contribution < -0.4 is 11.1 Å². The number of carbonyl (C=O) groups is 1. The molecule has 0 aliphatic carbocycles. The first-order valence-corrected chi connectivity index (χ1v) is 6.84. The van der Waals surface area contributed by atoms with Crippen molar-refractivity contribution in [2.45, 2.75) is 26.4 Å². The van der Waals surface area contributed by atoms with Gasteiger partial charge in [0, 0.05) is 5.57 Å². The van der Waals surface area contributed by atoms with Gasteiger partial charge in [-0.05, 0) is 45.7 Å². The number of aliphatic hydroxyl groups is 1. The van der Waals surface area contributed by atoms with E-state index in [2.05, 4.69) is 22.0 Å². The van der Waals surface area contributed by atoms with Gasteiger partial charge in [-0.1, -0.05) is 17.7 Å². The maximum absolute atomic E-state index is 11.4. The Balaban J connectivity index is 3.24. The summed E-state index contributed by atoms with van der Waals surface area (Å²) in [4.78, 5) is 19.2. The number of allylic oxidation sites excluding steroid dienone is 1. The summed E-state index contributed by atoms with van der Waals surface area (Å²) in [5.41, 5.74) is 5.30. The number of primary amides is 1. The molecule has 1 rings (SSSR count). The highest BCUT2D eigenvalue weighted by atomic mass is 35.5. The molecule has 0 fully saturated rings. The molecule has 1 amide bonds. The number of halogens is 1. The number of amides is 1. The molecule has 0 saturated carbocycles. The summed E-state index contributed by atoms with van der Waals surface area (Å²) in [6, 6.07) is 5.12. The van der Waals surface area contributed by atoms with Crippen LogP contribution in [-0.4, -0.2) is 22.7 Å². The average Bonchev–Trinajstić information content (AvgIpc) is 2.44. The lowest BCUT2D eigenvalue weighted by molar-refractivity contribution is -0.114. The van der Waals surface area contributed by atoms with Gasteiger partial charge in [0.15, 0.2) is 0 Å². The lowest BCUT2D eigenvalue weighted by atomic mass is 10.1. The second kappa shape index (κ2) is 7.20. The molecule has 0 bridgehead atoms. The number of pyridine rings is 1. The zero-order valence-corrected chi connectivity index (χ0v) is 13.5. The molecule has 0 aromatic carbocycles. The Kier molecular flexibility index (Phi) is 5.84. The fourth-order valence-electron chi connectivity index (χ4n) is 1.52. The van der Waals surface area contributed by atoms with Crippen molar-refractivity contribution in [1.29, 1.82) is 0 Å². The molecular formula is C15H19ClN4O2. The second-order valence-electron chi connectivity index (χ2n) is 5.12. The number of carbonyl (C=O) groups excluding carboxylic acids is 1. The quantitative estimate of drug-likeness (QED) is 0.323. The lowest BCUT2D eigenvalue weighted by Crippen LogP contribution is -2.19. The van der Waals surface area contributed by atoms with Gasteiger partial charge in [0.2, 0.25) is 5.91 Å². The van der Waals surface area contributed by atoms with E-state index in [1.54, 1.807) is 39.0 Å². The summed E-state index contributed by atoms with van der Waals surface area (Å²) < 4.78 is 0. The standard InChI is InChI=1S/C15H19ClN4O2/c1-9(14(17)21)10(8-12(16)18-4)19-13-7-5-6-11(20-13)15(2,3)22/h5-8,22H,4H2,1-3H3,(H2,17,21)(H,19,20)/b10-9-,12-8-. The predicted octanol–water partition coefficient (Wildman–Crippen LogP) is 2.26. The number of hydrogen-bond donors (Lipinski definition) is 3. The van der Waals surface area contributed by atoms with Gasteiger partial charge in [-0.15, -0.1) is 0 Å². The zero-order valence-electron chi connectivity index (χ0n) is 12.7. The molecule has 6 nitrogen and oxygen atoms in total. The minimum atomic E-state index is -1.09. The predicted molar refractivity (Wildman–Crippen MR) is 88.5 cm³/mol. The molecule has 1 heterocycles. The van der Waals surface area contributed by atoms with Gasteiger partial charge in [0.1, 0.15) is 16.6 Å². The molecule has 4 N–H and O–H groups in total. The summed E-state index contributed by atoms with van der Waals surface area (Å²) >= 11 is 5.82. The van der Waals surface area contributed by atoms with E-state index < -0.39 is 11.5 Å². The van der Waals surface area contributed by atoms with Gasteiger partial charge in [0.25, 0.3) is 0 Å². The number of aliphatic imine (C=N–C) groups is 1. The number of nitrogens with one attached hydrogen (secondary N) is 1. The van der Waals surface area contributed by atoms with Gasteiger partial charge in [-0.2, -0.15) is 0 Å². The first-order valence-electron chi connectivity index (χ1n) is 6.46. The summed E-state index contributed by atoms with van der Waals surface area (Å²) in [5.74, 6) is -0.175. The molecule has 1 aromatic heterocycles. The zero-order chi connectivity index (χ0) is 16.9. The second-order valence-corrected chi connectivity index (χ2v) is 5.51. The Labute approximate surface area is 134 Å². The van der Waals surface area contributed by atoms with Gasteiger partial charge in [0.05, 0.1) is 11.4 Å². The molecule has 7 heteroatoms. The Morgan fingerprint density at radius 2 is 2.18 bits per heavy atom. The van der Waals surface area contributed by atoms with Gasteiger partial charge >= 0.3 is 0 Å². The average molecular weight is 323 g/mol. The van der Waals surface area contributed by atoms with Crippen LogP contribution in [0.2, 0.25) is 0 Å². The van der Waals surface area contributed by atoms with E-state index in [0.29, 0.717) is 17.2 Å². The van der Waals surface area contributed by atoms with E-state index in [1.807, 2.05) is 0 Å². The molecule has 0 aliphatic rings. The van der Waals surface area contributed by atoms with Crippen LogP contribution in [0.1, 0.15) is 26.5 Å². The minimum absolute atomic E-state index is 0.0988. The fourth-order valence-corrected chi connectivity index (χ4v) is 1.63. The third kappa shape index (κ3) is 4.98. The topological polar surface area (TPSA) is 101 Å². The summed E-state index contributed by atoms with van der Waals surface area (Å²) in [6.45, 7) is 8.11. The highest BCUT2D eigenvalue weighted by Gasteiger charge is 2.18. The van der Waals surface area contributed by atoms with E-state index in [-0.39, 0.29) is 10.7 Å². The molecule has 0 unspecified atom stereocenters. The van der Waals surface area contributed by atoms with Crippen LogP contribution >= 0.6 is 11.6 Å². The van der Waals surface area contributed by atoms with Crippen molar-refractivity contribution in [3.8, 4) is 0 Å². The van der Waals surface area contributed by atoms with Crippen LogP contribution in [-0.2, 0) is 10.4 Å². The molecule has 0 radical (unpaired) electrons. The highest BCUT2D eigenvalue weighted by molar-refractivity contribution is 6.29. The van der Waals surface area contributed by atoms with Crippen molar-refractivity contribution in [3.05, 3.63) is 46.4 Å². The van der Waals surface area contributed by atoms with Crippen molar-refractivity contribution < 1.29 is 9.90 Å². The highest BCUT2D eigenvalue weighted by Crippen LogP contribution is 2.21. The van der Waals surface area contributed by atoms with Gasteiger partial charge in [-0.25, -0.2) is 4.98 Å². The van der Waals surface area contributed by atoms with Crippen LogP contribution in [0.5, 0.6) is 0 Å². The SMILES string of the molecule is C=N/C(Cl)=C\C(Nc1cccc(C(C)(C)O)n1)=C(/C)C(N)=O. The fraction of sp³-hybridized carbons (Fsp3) is 0.267. The first-order chi connectivity index (χ1) is 10.1. The van der Waals surface area contributed by atoms with Gasteiger partial charge < -0.3 is 16.2 Å². The third-order valence-corrected chi connectivity index (χ3v) is 3.06. The Morgan fingerprint density at radius 3 is 2.68 bits per heavy atom. The molecule has 22 heavy (non-hydrogen) atoms. The van der Waals surface area contributed by atoms with Crippen LogP contribution in [0, 0.1) is 0 Å². The van der Waals surface area contributed by atoms with Crippen molar-refractivity contribution in [3.63, 3.8) is 0 Å². The van der Waals surface area contributed by atoms with E-state index >= 15 is 0 Å². The number of rotatable bonds is 6. The normalized spacial score (nSPS) is 13.4. The van der Waals surface area contributed by atoms with E-state index in [9.17, 15) is 9.90 Å². The molecule has 118 valence electrons.